The van der Waals surface area contributed by atoms with Gasteiger partial charge in [-0.1, -0.05) is 13.5 Å². The molecule has 3 rings (SSSR count). The van der Waals surface area contributed by atoms with Crippen LogP contribution in [0.5, 0.6) is 5.75 Å². The lowest BCUT2D eigenvalue weighted by molar-refractivity contribution is 0.415. The molecule has 0 saturated carbocycles. The highest BCUT2D eigenvalue weighted by molar-refractivity contribution is 5.58. The fraction of sp³-hybridized carbons (Fsp3) is 0.391. The summed E-state index contributed by atoms with van der Waals surface area (Å²) in [6.45, 7) is 12.4. The van der Waals surface area contributed by atoms with E-state index in [-0.39, 0.29) is 0 Å². The summed E-state index contributed by atoms with van der Waals surface area (Å²) in [6.07, 6.45) is 1.07. The predicted molar refractivity (Wildman–Crippen MR) is 120 cm³/mol. The Kier molecular flexibility index (Phi) is 6.69. The van der Waals surface area contributed by atoms with Crippen LogP contribution in [0.4, 0.5) is 17.1 Å². The van der Waals surface area contributed by atoms with E-state index < -0.39 is 0 Å². The first kappa shape index (κ1) is 19.9. The molecular weight excluding hydrogens is 348 g/mol. The Labute approximate surface area is 169 Å². The molecule has 1 saturated heterocycles. The number of nitrogens with one attached hydrogen (secondary N) is 2. The van der Waals surface area contributed by atoms with Gasteiger partial charge in [-0.05, 0) is 61.9 Å². The van der Waals surface area contributed by atoms with Gasteiger partial charge in [-0.2, -0.15) is 0 Å². The minimum atomic E-state index is 0.418. The van der Waals surface area contributed by atoms with Crippen molar-refractivity contribution in [2.24, 2.45) is 0 Å². The third-order valence-electron chi connectivity index (χ3n) is 5.28. The SMILES string of the molecule is C=C(Nc1ccc(N2CCN(c3ccc(OC)cc3)CC2)cc1)NC(C)CC. The Balaban J connectivity index is 1.52. The van der Waals surface area contributed by atoms with Crippen molar-refractivity contribution >= 4 is 17.1 Å². The summed E-state index contributed by atoms with van der Waals surface area (Å²) in [4.78, 5) is 4.87. The van der Waals surface area contributed by atoms with Crippen molar-refractivity contribution < 1.29 is 4.74 Å². The molecular formula is C23H32N4O. The summed E-state index contributed by atoms with van der Waals surface area (Å²) in [5.74, 6) is 1.74. The zero-order chi connectivity index (χ0) is 19.9. The van der Waals surface area contributed by atoms with E-state index in [0.717, 1.165) is 49.9 Å². The molecule has 0 radical (unpaired) electrons. The van der Waals surface area contributed by atoms with Crippen LogP contribution in [0.1, 0.15) is 20.3 Å². The van der Waals surface area contributed by atoms with Crippen LogP contribution >= 0.6 is 0 Å². The zero-order valence-corrected chi connectivity index (χ0v) is 17.2. The number of anilines is 3. The van der Waals surface area contributed by atoms with Crippen molar-refractivity contribution in [3.63, 3.8) is 0 Å². The molecule has 0 amide bonds. The fourth-order valence-corrected chi connectivity index (χ4v) is 3.38. The normalized spacial score (nSPS) is 15.1. The van der Waals surface area contributed by atoms with E-state index in [4.69, 9.17) is 4.74 Å². The smallest absolute Gasteiger partial charge is 0.119 e. The van der Waals surface area contributed by atoms with Crippen LogP contribution in [-0.4, -0.2) is 39.3 Å². The third kappa shape index (κ3) is 5.12. The number of benzene rings is 2. The molecule has 1 heterocycles. The maximum atomic E-state index is 5.25. The molecule has 5 nitrogen and oxygen atoms in total. The second kappa shape index (κ2) is 9.40. The molecule has 1 aliphatic heterocycles. The summed E-state index contributed by atoms with van der Waals surface area (Å²) < 4.78 is 5.25. The van der Waals surface area contributed by atoms with Crippen molar-refractivity contribution in [3.05, 3.63) is 60.9 Å². The predicted octanol–water partition coefficient (Wildman–Crippen LogP) is 4.29. The first-order valence-corrected chi connectivity index (χ1v) is 10.1. The van der Waals surface area contributed by atoms with Gasteiger partial charge in [-0.25, -0.2) is 0 Å². The molecule has 0 spiro atoms. The number of nitrogens with zero attached hydrogens (tertiary/aromatic N) is 2. The van der Waals surface area contributed by atoms with E-state index in [1.165, 1.54) is 11.4 Å². The molecule has 5 heteroatoms. The number of hydrogen-bond donors (Lipinski definition) is 2. The second-order valence-corrected chi connectivity index (χ2v) is 7.28. The van der Waals surface area contributed by atoms with E-state index in [9.17, 15) is 0 Å². The Bertz CT molecular complexity index is 749. The summed E-state index contributed by atoms with van der Waals surface area (Å²) in [5, 5.41) is 6.69. The summed E-state index contributed by atoms with van der Waals surface area (Å²) in [5.41, 5.74) is 3.58. The van der Waals surface area contributed by atoms with Gasteiger partial charge in [-0.3, -0.25) is 0 Å². The number of rotatable bonds is 8. The molecule has 2 aromatic carbocycles. The van der Waals surface area contributed by atoms with Crippen LogP contribution in [0.15, 0.2) is 60.9 Å². The highest BCUT2D eigenvalue weighted by Crippen LogP contribution is 2.24. The van der Waals surface area contributed by atoms with Crippen molar-refractivity contribution in [1.29, 1.82) is 0 Å². The quantitative estimate of drug-likeness (QED) is 0.715. The lowest BCUT2D eigenvalue weighted by atomic mass is 10.2. The molecule has 1 atom stereocenters. The van der Waals surface area contributed by atoms with E-state index >= 15 is 0 Å². The van der Waals surface area contributed by atoms with Gasteiger partial charge in [0.2, 0.25) is 0 Å². The van der Waals surface area contributed by atoms with Crippen molar-refractivity contribution in [2.75, 3.05) is 48.4 Å². The van der Waals surface area contributed by atoms with Crippen LogP contribution in [0.3, 0.4) is 0 Å². The van der Waals surface area contributed by atoms with E-state index in [1.807, 2.05) is 12.1 Å². The second-order valence-electron chi connectivity index (χ2n) is 7.28. The summed E-state index contributed by atoms with van der Waals surface area (Å²) in [6, 6.07) is 17.3. The van der Waals surface area contributed by atoms with Crippen molar-refractivity contribution in [2.45, 2.75) is 26.3 Å². The number of methoxy groups -OCH3 is 1. The van der Waals surface area contributed by atoms with Gasteiger partial charge in [0.25, 0.3) is 0 Å². The van der Waals surface area contributed by atoms with Crippen molar-refractivity contribution in [3.8, 4) is 5.75 Å². The molecule has 28 heavy (non-hydrogen) atoms. The van der Waals surface area contributed by atoms with Crippen LogP contribution in [-0.2, 0) is 0 Å². The molecule has 0 aliphatic carbocycles. The minimum Gasteiger partial charge on any atom is -0.497 e. The number of hydrogen-bond acceptors (Lipinski definition) is 5. The van der Waals surface area contributed by atoms with Gasteiger partial charge < -0.3 is 25.2 Å². The highest BCUT2D eigenvalue weighted by Gasteiger charge is 2.17. The first-order chi connectivity index (χ1) is 13.6. The molecule has 1 aliphatic rings. The average molecular weight is 381 g/mol. The van der Waals surface area contributed by atoms with Crippen molar-refractivity contribution in [1.82, 2.24) is 5.32 Å². The lowest BCUT2D eigenvalue weighted by Crippen LogP contribution is -2.46. The lowest BCUT2D eigenvalue weighted by Gasteiger charge is -2.37. The fourth-order valence-electron chi connectivity index (χ4n) is 3.38. The number of piperazine rings is 1. The Morgan fingerprint density at radius 1 is 0.964 bits per heavy atom. The molecule has 150 valence electrons. The van der Waals surface area contributed by atoms with E-state index in [1.54, 1.807) is 7.11 Å². The van der Waals surface area contributed by atoms with Gasteiger partial charge in [0, 0.05) is 49.3 Å². The average Bonchev–Trinajstić information content (AvgIpc) is 2.74. The maximum Gasteiger partial charge on any atom is 0.119 e. The van der Waals surface area contributed by atoms with Gasteiger partial charge in [-0.15, -0.1) is 0 Å². The van der Waals surface area contributed by atoms with Crippen LogP contribution < -0.4 is 25.2 Å². The van der Waals surface area contributed by atoms with Gasteiger partial charge in [0.05, 0.1) is 12.9 Å². The monoisotopic (exact) mass is 380 g/mol. The summed E-state index contributed by atoms with van der Waals surface area (Å²) in [7, 11) is 1.70. The van der Waals surface area contributed by atoms with E-state index in [2.05, 4.69) is 77.3 Å². The minimum absolute atomic E-state index is 0.418. The Morgan fingerprint density at radius 2 is 1.46 bits per heavy atom. The third-order valence-corrected chi connectivity index (χ3v) is 5.28. The van der Waals surface area contributed by atoms with E-state index in [0.29, 0.717) is 6.04 Å². The molecule has 0 aromatic heterocycles. The van der Waals surface area contributed by atoms with Gasteiger partial charge in [0.1, 0.15) is 5.75 Å². The highest BCUT2D eigenvalue weighted by atomic mass is 16.5. The largest absolute Gasteiger partial charge is 0.497 e. The molecule has 2 N–H and O–H groups in total. The van der Waals surface area contributed by atoms with Crippen LogP contribution in [0.2, 0.25) is 0 Å². The Hall–Kier alpha value is -2.82. The van der Waals surface area contributed by atoms with Crippen LogP contribution in [0, 0.1) is 0 Å². The van der Waals surface area contributed by atoms with Gasteiger partial charge in [0.15, 0.2) is 0 Å². The molecule has 2 aromatic rings. The number of ether oxygens (including phenoxy) is 1. The molecule has 1 fully saturated rings. The summed E-state index contributed by atoms with van der Waals surface area (Å²) >= 11 is 0. The molecule has 0 bridgehead atoms. The zero-order valence-electron chi connectivity index (χ0n) is 17.2. The molecule has 1 unspecified atom stereocenters. The Morgan fingerprint density at radius 3 is 1.93 bits per heavy atom. The first-order valence-electron chi connectivity index (χ1n) is 10.1. The van der Waals surface area contributed by atoms with Crippen LogP contribution in [0.25, 0.3) is 0 Å². The van der Waals surface area contributed by atoms with Gasteiger partial charge >= 0.3 is 0 Å². The standard InChI is InChI=1S/C23H32N4O/c1-5-18(2)24-19(3)25-20-6-8-21(9-7-20)26-14-16-27(17-15-26)22-10-12-23(28-4)13-11-22/h6-13,18,24-25H,3,5,14-17H2,1-2,4H3. The maximum absolute atomic E-state index is 5.25. The topological polar surface area (TPSA) is 39.8 Å².